The quantitative estimate of drug-likeness (QED) is 0.410. The number of ether oxygens (including phenoxy) is 2. The number of hydrogen-bond donors (Lipinski definition) is 0. The Balaban J connectivity index is 2.26. The Hall–Kier alpha value is -2.70. The summed E-state index contributed by atoms with van der Waals surface area (Å²) in [6.45, 7) is 10.4. The second-order valence-corrected chi connectivity index (χ2v) is 14.5. The minimum absolute atomic E-state index is 0.00701. The first kappa shape index (κ1) is 26.5. The van der Waals surface area contributed by atoms with Gasteiger partial charge in [0.2, 0.25) is 0 Å². The molecule has 1 amide bonds. The highest BCUT2D eigenvalue weighted by atomic mass is 28.4. The number of benzene rings is 1. The fourth-order valence-electron chi connectivity index (χ4n) is 3.54. The third-order valence-corrected chi connectivity index (χ3v) is 10.9. The smallest absolute Gasteiger partial charge is 0.411 e. The van der Waals surface area contributed by atoms with Crippen LogP contribution in [0.15, 0.2) is 30.3 Å². The molecule has 1 heterocycles. The number of nitrogens with zero attached hydrogens (tertiary/aromatic N) is 2. The summed E-state index contributed by atoms with van der Waals surface area (Å²) >= 11 is 0. The van der Waals surface area contributed by atoms with Crippen molar-refractivity contribution in [3.05, 3.63) is 35.9 Å². The SMILES string of the molecule is COC(=O)[C@@H]1CC(=O)[C@@H](C[C@H](CC#N)O[Si](C)(C)C(C)(C)C)N1C(=O)OCc1ccccc1. The Morgan fingerprint density at radius 3 is 2.42 bits per heavy atom. The van der Waals surface area contributed by atoms with Crippen molar-refractivity contribution in [1.82, 2.24) is 4.90 Å². The van der Waals surface area contributed by atoms with E-state index in [9.17, 15) is 19.6 Å². The number of nitriles is 1. The molecule has 2 rings (SSSR count). The predicted octanol–water partition coefficient (Wildman–Crippen LogP) is 4.20. The maximum absolute atomic E-state index is 13.0. The van der Waals surface area contributed by atoms with Crippen LogP contribution in [0.4, 0.5) is 4.79 Å². The molecule has 33 heavy (non-hydrogen) atoms. The van der Waals surface area contributed by atoms with Crippen molar-refractivity contribution in [3.8, 4) is 6.07 Å². The third-order valence-electron chi connectivity index (χ3n) is 6.40. The lowest BCUT2D eigenvalue weighted by Crippen LogP contribution is -2.49. The topological polar surface area (TPSA) is 106 Å². The maximum Gasteiger partial charge on any atom is 0.411 e. The van der Waals surface area contributed by atoms with Gasteiger partial charge in [0.25, 0.3) is 0 Å². The molecule has 1 aliphatic heterocycles. The van der Waals surface area contributed by atoms with Gasteiger partial charge in [-0.1, -0.05) is 51.1 Å². The summed E-state index contributed by atoms with van der Waals surface area (Å²) in [6, 6.07) is 9.26. The van der Waals surface area contributed by atoms with Crippen LogP contribution >= 0.6 is 0 Å². The molecule has 9 heteroatoms. The van der Waals surface area contributed by atoms with Gasteiger partial charge in [-0.2, -0.15) is 5.26 Å². The number of rotatable bonds is 8. The molecule has 8 nitrogen and oxygen atoms in total. The van der Waals surface area contributed by atoms with Gasteiger partial charge in [0.15, 0.2) is 14.1 Å². The molecular formula is C24H34N2O6Si. The minimum atomic E-state index is -2.24. The van der Waals surface area contributed by atoms with Crippen LogP contribution < -0.4 is 0 Å². The second-order valence-electron chi connectivity index (χ2n) is 9.77. The van der Waals surface area contributed by atoms with E-state index in [-0.39, 0.29) is 36.7 Å². The number of likely N-dealkylation sites (tertiary alicyclic amines) is 1. The second kappa shape index (κ2) is 10.9. The van der Waals surface area contributed by atoms with Crippen molar-refractivity contribution in [2.24, 2.45) is 0 Å². The molecule has 180 valence electrons. The highest BCUT2D eigenvalue weighted by Crippen LogP contribution is 2.39. The van der Waals surface area contributed by atoms with E-state index in [0.29, 0.717) is 0 Å². The van der Waals surface area contributed by atoms with Crippen molar-refractivity contribution >= 4 is 26.2 Å². The van der Waals surface area contributed by atoms with E-state index in [1.165, 1.54) is 7.11 Å². The maximum atomic E-state index is 13.0. The molecule has 1 aromatic rings. The summed E-state index contributed by atoms with van der Waals surface area (Å²) in [4.78, 5) is 39.5. The van der Waals surface area contributed by atoms with Crippen LogP contribution in [0.2, 0.25) is 18.1 Å². The molecule has 1 aliphatic rings. The molecule has 0 aliphatic carbocycles. The number of ketones is 1. The first-order valence-electron chi connectivity index (χ1n) is 11.1. The number of carbonyl (C=O) groups is 3. The molecule has 0 radical (unpaired) electrons. The molecule has 0 N–H and O–H groups in total. The molecule has 0 spiro atoms. The summed E-state index contributed by atoms with van der Waals surface area (Å²) in [5.41, 5.74) is 0.783. The van der Waals surface area contributed by atoms with E-state index < -0.39 is 38.6 Å². The summed E-state index contributed by atoms with van der Waals surface area (Å²) < 4.78 is 16.7. The predicted molar refractivity (Wildman–Crippen MR) is 125 cm³/mol. The van der Waals surface area contributed by atoms with Gasteiger partial charge in [0, 0.05) is 12.8 Å². The zero-order chi connectivity index (χ0) is 24.8. The van der Waals surface area contributed by atoms with Crippen LogP contribution in [0, 0.1) is 11.3 Å². The summed E-state index contributed by atoms with van der Waals surface area (Å²) in [5, 5.41) is 9.27. The first-order chi connectivity index (χ1) is 15.4. The van der Waals surface area contributed by atoms with Crippen molar-refractivity contribution < 1.29 is 28.3 Å². The molecule has 1 saturated heterocycles. The van der Waals surface area contributed by atoms with Crippen LogP contribution in [0.3, 0.4) is 0 Å². The summed E-state index contributed by atoms with van der Waals surface area (Å²) in [5.74, 6) is -0.950. The van der Waals surface area contributed by atoms with Crippen molar-refractivity contribution in [3.63, 3.8) is 0 Å². The van der Waals surface area contributed by atoms with Gasteiger partial charge in [0.1, 0.15) is 12.6 Å². The highest BCUT2D eigenvalue weighted by molar-refractivity contribution is 6.74. The molecule has 0 unspecified atom stereocenters. The summed E-state index contributed by atoms with van der Waals surface area (Å²) in [7, 11) is -1.03. The molecule has 1 aromatic carbocycles. The Bertz CT molecular complexity index is 890. The lowest BCUT2D eigenvalue weighted by Gasteiger charge is -2.39. The van der Waals surface area contributed by atoms with Gasteiger partial charge in [0.05, 0.1) is 31.7 Å². The van der Waals surface area contributed by atoms with Crippen LogP contribution in [0.25, 0.3) is 0 Å². The molecule has 3 atom stereocenters. The monoisotopic (exact) mass is 474 g/mol. The van der Waals surface area contributed by atoms with Gasteiger partial charge < -0.3 is 13.9 Å². The van der Waals surface area contributed by atoms with E-state index in [2.05, 4.69) is 39.9 Å². The Morgan fingerprint density at radius 1 is 1.24 bits per heavy atom. The lowest BCUT2D eigenvalue weighted by molar-refractivity contribution is -0.146. The molecular weight excluding hydrogens is 440 g/mol. The molecule has 0 bridgehead atoms. The van der Waals surface area contributed by atoms with Gasteiger partial charge in [-0.25, -0.2) is 9.59 Å². The number of hydrogen-bond acceptors (Lipinski definition) is 7. The van der Waals surface area contributed by atoms with Crippen molar-refractivity contribution in [2.45, 2.75) is 83.0 Å². The first-order valence-corrected chi connectivity index (χ1v) is 14.0. The Morgan fingerprint density at radius 2 is 1.88 bits per heavy atom. The fraction of sp³-hybridized carbons (Fsp3) is 0.583. The van der Waals surface area contributed by atoms with E-state index in [1.807, 2.05) is 30.3 Å². The largest absolute Gasteiger partial charge is 0.467 e. The fourth-order valence-corrected chi connectivity index (χ4v) is 4.91. The van der Waals surface area contributed by atoms with Gasteiger partial charge in [-0.05, 0) is 23.7 Å². The number of methoxy groups -OCH3 is 1. The average Bonchev–Trinajstić information content (AvgIpc) is 3.07. The number of Topliss-reactive ketones (excluding diaryl/α,β-unsaturated/α-hetero) is 1. The average molecular weight is 475 g/mol. The zero-order valence-corrected chi connectivity index (χ0v) is 21.3. The van der Waals surface area contributed by atoms with Gasteiger partial charge in [-0.15, -0.1) is 0 Å². The van der Waals surface area contributed by atoms with Gasteiger partial charge >= 0.3 is 12.1 Å². The number of amides is 1. The van der Waals surface area contributed by atoms with E-state index in [4.69, 9.17) is 13.9 Å². The lowest BCUT2D eigenvalue weighted by atomic mass is 10.0. The van der Waals surface area contributed by atoms with Crippen LogP contribution in [-0.4, -0.2) is 56.4 Å². The van der Waals surface area contributed by atoms with Crippen LogP contribution in [0.5, 0.6) is 0 Å². The standard InChI is InChI=1S/C24H34N2O6Si/c1-24(2,3)33(5,6)32-18(12-13-25)14-19-21(27)15-20(22(28)30-4)26(19)23(29)31-16-17-10-8-7-9-11-17/h7-11,18-20H,12,14-16H2,1-6H3/t18-,19+,20-/m0/s1. The Labute approximate surface area is 196 Å². The molecule has 0 saturated carbocycles. The van der Waals surface area contributed by atoms with Crippen LogP contribution in [0.1, 0.15) is 45.6 Å². The number of esters is 1. The number of carbonyl (C=O) groups excluding carboxylic acids is 3. The van der Waals surface area contributed by atoms with E-state index in [1.54, 1.807) is 0 Å². The van der Waals surface area contributed by atoms with Crippen LogP contribution in [-0.2, 0) is 30.1 Å². The van der Waals surface area contributed by atoms with E-state index >= 15 is 0 Å². The minimum Gasteiger partial charge on any atom is -0.467 e. The molecule has 1 fully saturated rings. The normalized spacial score (nSPS) is 19.7. The molecule has 0 aromatic heterocycles. The van der Waals surface area contributed by atoms with Crippen molar-refractivity contribution in [1.29, 1.82) is 5.26 Å². The van der Waals surface area contributed by atoms with Crippen molar-refractivity contribution in [2.75, 3.05) is 7.11 Å². The third kappa shape index (κ3) is 6.65. The summed E-state index contributed by atoms with van der Waals surface area (Å²) in [6.07, 6.45) is -1.28. The van der Waals surface area contributed by atoms with E-state index in [0.717, 1.165) is 10.5 Å². The Kier molecular flexibility index (Phi) is 8.80. The highest BCUT2D eigenvalue weighted by Gasteiger charge is 2.49. The van der Waals surface area contributed by atoms with Gasteiger partial charge in [-0.3, -0.25) is 9.69 Å². The zero-order valence-electron chi connectivity index (χ0n) is 20.3.